The van der Waals surface area contributed by atoms with E-state index in [9.17, 15) is 9.59 Å². The number of carboxylic acid groups (broad SMARTS) is 1. The Kier molecular flexibility index (Phi) is 4.45. The number of rotatable bonds is 5. The molecule has 1 amide bonds. The summed E-state index contributed by atoms with van der Waals surface area (Å²) in [5.41, 5.74) is 0.901. The van der Waals surface area contributed by atoms with Crippen LogP contribution in [0.1, 0.15) is 12.5 Å². The van der Waals surface area contributed by atoms with Crippen molar-refractivity contribution in [3.8, 4) is 11.5 Å². The summed E-state index contributed by atoms with van der Waals surface area (Å²) < 4.78 is 10.9. The van der Waals surface area contributed by atoms with E-state index in [1.54, 1.807) is 0 Å². The van der Waals surface area contributed by atoms with Crippen LogP contribution in [0.5, 0.6) is 11.5 Å². The Labute approximate surface area is 116 Å². The van der Waals surface area contributed by atoms with Gasteiger partial charge in [0.1, 0.15) is 24.7 Å². The first-order valence-electron chi connectivity index (χ1n) is 6.48. The summed E-state index contributed by atoms with van der Waals surface area (Å²) in [7, 11) is 0. The fraction of sp³-hybridized carbons (Fsp3) is 0.429. The van der Waals surface area contributed by atoms with Crippen LogP contribution in [0, 0.1) is 5.92 Å². The molecule has 0 saturated carbocycles. The molecule has 2 N–H and O–H groups in total. The Balaban J connectivity index is 2.03. The zero-order valence-corrected chi connectivity index (χ0v) is 11.2. The average molecular weight is 279 g/mol. The van der Waals surface area contributed by atoms with Crippen LogP contribution in [-0.4, -0.2) is 36.7 Å². The van der Waals surface area contributed by atoms with Crippen molar-refractivity contribution in [3.63, 3.8) is 0 Å². The Bertz CT molecular complexity index is 514. The van der Waals surface area contributed by atoms with Crippen LogP contribution in [0.3, 0.4) is 0 Å². The van der Waals surface area contributed by atoms with Crippen LogP contribution in [0.2, 0.25) is 0 Å². The smallest absolute Gasteiger partial charge is 0.322 e. The standard InChI is InChI=1S/C14H17NO5/c1-2-19-11-3-4-12-9(6-11)5-10(8-20-12)14(18)15-7-13(16)17/h3-4,6,10H,2,5,7-8H2,1H3,(H,15,18)(H,16,17)/t10-/m0/s1. The molecule has 2 rings (SSSR count). The van der Waals surface area contributed by atoms with Crippen LogP contribution < -0.4 is 14.8 Å². The molecule has 0 aliphatic carbocycles. The summed E-state index contributed by atoms with van der Waals surface area (Å²) in [6.07, 6.45) is 0.516. The number of nitrogens with one attached hydrogen (secondary N) is 1. The Morgan fingerprint density at radius 3 is 3.00 bits per heavy atom. The highest BCUT2D eigenvalue weighted by atomic mass is 16.5. The van der Waals surface area contributed by atoms with Gasteiger partial charge < -0.3 is 19.9 Å². The van der Waals surface area contributed by atoms with Crippen molar-refractivity contribution in [2.45, 2.75) is 13.3 Å². The van der Waals surface area contributed by atoms with E-state index >= 15 is 0 Å². The van der Waals surface area contributed by atoms with Gasteiger partial charge in [0.05, 0.1) is 12.5 Å². The van der Waals surface area contributed by atoms with Gasteiger partial charge in [-0.3, -0.25) is 9.59 Å². The molecule has 20 heavy (non-hydrogen) atoms. The summed E-state index contributed by atoms with van der Waals surface area (Å²) in [4.78, 5) is 22.3. The van der Waals surface area contributed by atoms with Crippen molar-refractivity contribution >= 4 is 11.9 Å². The lowest BCUT2D eigenvalue weighted by molar-refractivity contribution is -0.138. The number of hydrogen-bond donors (Lipinski definition) is 2. The molecule has 1 heterocycles. The van der Waals surface area contributed by atoms with Crippen molar-refractivity contribution in [2.24, 2.45) is 5.92 Å². The van der Waals surface area contributed by atoms with E-state index in [1.807, 2.05) is 25.1 Å². The van der Waals surface area contributed by atoms with Gasteiger partial charge >= 0.3 is 5.97 Å². The van der Waals surface area contributed by atoms with Gasteiger partial charge in [-0.2, -0.15) is 0 Å². The number of carbonyl (C=O) groups excluding carboxylic acids is 1. The number of aliphatic carboxylic acids is 1. The molecule has 108 valence electrons. The number of benzene rings is 1. The van der Waals surface area contributed by atoms with Gasteiger partial charge in [-0.25, -0.2) is 0 Å². The van der Waals surface area contributed by atoms with Crippen molar-refractivity contribution in [3.05, 3.63) is 23.8 Å². The first-order chi connectivity index (χ1) is 9.60. The third-order valence-corrected chi connectivity index (χ3v) is 3.03. The lowest BCUT2D eigenvalue weighted by atomic mass is 9.96. The second-order valence-electron chi connectivity index (χ2n) is 4.53. The first-order valence-corrected chi connectivity index (χ1v) is 6.48. The minimum absolute atomic E-state index is 0.256. The van der Waals surface area contributed by atoms with Crippen LogP contribution in [0.15, 0.2) is 18.2 Å². The first kappa shape index (κ1) is 14.2. The molecule has 0 spiro atoms. The molecule has 6 heteroatoms. The molecule has 1 atom stereocenters. The zero-order chi connectivity index (χ0) is 14.5. The van der Waals surface area contributed by atoms with E-state index in [0.29, 0.717) is 13.0 Å². The summed E-state index contributed by atoms with van der Waals surface area (Å²) >= 11 is 0. The summed E-state index contributed by atoms with van der Waals surface area (Å²) in [6, 6.07) is 5.51. The van der Waals surface area contributed by atoms with Gasteiger partial charge in [0.2, 0.25) is 5.91 Å². The Morgan fingerprint density at radius 2 is 2.30 bits per heavy atom. The second kappa shape index (κ2) is 6.27. The van der Waals surface area contributed by atoms with Crippen molar-refractivity contribution < 1.29 is 24.2 Å². The molecule has 6 nitrogen and oxygen atoms in total. The van der Waals surface area contributed by atoms with E-state index in [0.717, 1.165) is 17.1 Å². The summed E-state index contributed by atoms with van der Waals surface area (Å²) in [5, 5.41) is 10.9. The Morgan fingerprint density at radius 1 is 1.50 bits per heavy atom. The summed E-state index contributed by atoms with van der Waals surface area (Å²) in [6.45, 7) is 2.36. The minimum Gasteiger partial charge on any atom is -0.494 e. The zero-order valence-electron chi connectivity index (χ0n) is 11.2. The van der Waals surface area contributed by atoms with Gasteiger partial charge in [0.25, 0.3) is 0 Å². The average Bonchev–Trinajstić information content (AvgIpc) is 2.44. The maximum absolute atomic E-state index is 11.8. The number of hydrogen-bond acceptors (Lipinski definition) is 4. The molecular formula is C14H17NO5. The normalized spacial score (nSPS) is 16.8. The molecule has 0 radical (unpaired) electrons. The molecule has 0 bridgehead atoms. The third-order valence-electron chi connectivity index (χ3n) is 3.03. The van der Waals surface area contributed by atoms with Gasteiger partial charge in [-0.05, 0) is 37.1 Å². The molecular weight excluding hydrogens is 262 g/mol. The second-order valence-corrected chi connectivity index (χ2v) is 4.53. The molecule has 0 aromatic heterocycles. The van der Waals surface area contributed by atoms with E-state index in [4.69, 9.17) is 14.6 Å². The van der Waals surface area contributed by atoms with Crippen molar-refractivity contribution in [2.75, 3.05) is 19.8 Å². The molecule has 1 aliphatic heterocycles. The summed E-state index contributed by atoms with van der Waals surface area (Å²) in [5.74, 6) is -0.259. The highest BCUT2D eigenvalue weighted by Crippen LogP contribution is 2.30. The fourth-order valence-corrected chi connectivity index (χ4v) is 2.10. The quantitative estimate of drug-likeness (QED) is 0.834. The molecule has 0 unspecified atom stereocenters. The van der Waals surface area contributed by atoms with E-state index in [2.05, 4.69) is 5.32 Å². The van der Waals surface area contributed by atoms with Gasteiger partial charge in [-0.1, -0.05) is 0 Å². The molecule has 1 aromatic rings. The highest BCUT2D eigenvalue weighted by Gasteiger charge is 2.26. The van der Waals surface area contributed by atoms with Crippen LogP contribution >= 0.6 is 0 Å². The number of fused-ring (bicyclic) bond motifs is 1. The van der Waals surface area contributed by atoms with Crippen LogP contribution in [0.25, 0.3) is 0 Å². The van der Waals surface area contributed by atoms with E-state index in [-0.39, 0.29) is 25.0 Å². The van der Waals surface area contributed by atoms with Crippen LogP contribution in [0.4, 0.5) is 0 Å². The molecule has 1 aromatic carbocycles. The van der Waals surface area contributed by atoms with Crippen molar-refractivity contribution in [1.29, 1.82) is 0 Å². The number of ether oxygens (including phenoxy) is 2. The van der Waals surface area contributed by atoms with E-state index < -0.39 is 5.97 Å². The van der Waals surface area contributed by atoms with Gasteiger partial charge in [0.15, 0.2) is 0 Å². The largest absolute Gasteiger partial charge is 0.494 e. The maximum atomic E-state index is 11.8. The molecule has 1 aliphatic rings. The minimum atomic E-state index is -1.06. The maximum Gasteiger partial charge on any atom is 0.322 e. The highest BCUT2D eigenvalue weighted by molar-refractivity contribution is 5.83. The number of amides is 1. The SMILES string of the molecule is CCOc1ccc2c(c1)C[C@H](C(=O)NCC(=O)O)CO2. The van der Waals surface area contributed by atoms with Crippen molar-refractivity contribution in [1.82, 2.24) is 5.32 Å². The topological polar surface area (TPSA) is 84.9 Å². The predicted octanol–water partition coefficient (Wildman–Crippen LogP) is 0.837. The molecule has 0 saturated heterocycles. The molecule has 0 fully saturated rings. The number of carboxylic acids is 1. The van der Waals surface area contributed by atoms with Gasteiger partial charge in [0, 0.05) is 0 Å². The Hall–Kier alpha value is -2.24. The van der Waals surface area contributed by atoms with E-state index in [1.165, 1.54) is 0 Å². The predicted molar refractivity (Wildman–Crippen MR) is 70.9 cm³/mol. The lowest BCUT2D eigenvalue weighted by Gasteiger charge is -2.24. The number of carbonyl (C=O) groups is 2. The third kappa shape index (κ3) is 3.40. The fourth-order valence-electron chi connectivity index (χ4n) is 2.10. The van der Waals surface area contributed by atoms with Gasteiger partial charge in [-0.15, -0.1) is 0 Å². The monoisotopic (exact) mass is 279 g/mol. The van der Waals surface area contributed by atoms with Crippen LogP contribution in [-0.2, 0) is 16.0 Å². The lowest BCUT2D eigenvalue weighted by Crippen LogP contribution is -2.39.